The van der Waals surface area contributed by atoms with E-state index in [4.69, 9.17) is 39.4 Å². The quantitative estimate of drug-likeness (QED) is 0.284. The highest BCUT2D eigenvalue weighted by atomic mass is 16.5. The largest absolute Gasteiger partial charge is 0.493 e. The van der Waals surface area contributed by atoms with E-state index in [1.165, 1.54) is 0 Å². The Kier molecular flexibility index (Phi) is 10.2. The first-order valence-electron chi connectivity index (χ1n) is 11.1. The first-order valence-corrected chi connectivity index (χ1v) is 11.1. The SMILES string of the molecule is COc1ccc(Cc2nccc3cc(OC)c(OC)cc23)cc1OC.O=C(O)CC(O)(CC(=O)O)C(=O)O. The highest BCUT2D eigenvalue weighted by Crippen LogP contribution is 2.34. The highest BCUT2D eigenvalue weighted by molar-refractivity contribution is 5.89. The minimum absolute atomic E-state index is 0.674. The fourth-order valence-corrected chi connectivity index (χ4v) is 3.60. The number of rotatable bonds is 11. The summed E-state index contributed by atoms with van der Waals surface area (Å²) in [5, 5.41) is 35.9. The first kappa shape index (κ1) is 29.6. The van der Waals surface area contributed by atoms with Gasteiger partial charge in [0.15, 0.2) is 28.6 Å². The van der Waals surface area contributed by atoms with Gasteiger partial charge in [-0.3, -0.25) is 14.6 Å². The molecular weight excluding hydrogens is 502 g/mol. The number of ether oxygens (including phenoxy) is 4. The fraction of sp³-hybridized carbons (Fsp3) is 0.308. The third-order valence-corrected chi connectivity index (χ3v) is 5.46. The van der Waals surface area contributed by atoms with E-state index < -0.39 is 36.4 Å². The summed E-state index contributed by atoms with van der Waals surface area (Å²) >= 11 is 0. The first-order chi connectivity index (χ1) is 18.0. The maximum absolute atomic E-state index is 10.3. The summed E-state index contributed by atoms with van der Waals surface area (Å²) in [6, 6.07) is 11.8. The van der Waals surface area contributed by atoms with Crippen LogP contribution in [0.4, 0.5) is 0 Å². The van der Waals surface area contributed by atoms with Crippen LogP contribution in [0.15, 0.2) is 42.6 Å². The van der Waals surface area contributed by atoms with Crippen molar-refractivity contribution >= 4 is 28.7 Å². The molecule has 1 heterocycles. The van der Waals surface area contributed by atoms with Crippen LogP contribution in [-0.4, -0.2) is 77.4 Å². The average molecular weight is 532 g/mol. The molecule has 3 aromatic rings. The molecule has 0 saturated carbocycles. The van der Waals surface area contributed by atoms with Crippen LogP contribution in [0.5, 0.6) is 23.0 Å². The van der Waals surface area contributed by atoms with Gasteiger partial charge in [0, 0.05) is 18.0 Å². The molecule has 3 rings (SSSR count). The maximum Gasteiger partial charge on any atom is 0.336 e. The van der Waals surface area contributed by atoms with Crippen LogP contribution in [0.3, 0.4) is 0 Å². The lowest BCUT2D eigenvalue weighted by Crippen LogP contribution is -2.42. The third kappa shape index (κ3) is 7.46. The molecule has 12 nitrogen and oxygen atoms in total. The number of aromatic nitrogens is 1. The Bertz CT molecular complexity index is 1290. The molecular formula is C26H29NO11. The van der Waals surface area contributed by atoms with E-state index in [2.05, 4.69) is 4.98 Å². The van der Waals surface area contributed by atoms with Crippen LogP contribution < -0.4 is 18.9 Å². The fourth-order valence-electron chi connectivity index (χ4n) is 3.60. The van der Waals surface area contributed by atoms with Crippen molar-refractivity contribution in [3.05, 3.63) is 53.9 Å². The molecule has 0 aliphatic heterocycles. The van der Waals surface area contributed by atoms with Gasteiger partial charge in [0.05, 0.1) is 47.0 Å². The summed E-state index contributed by atoms with van der Waals surface area (Å²) < 4.78 is 21.5. The number of carbonyl (C=O) groups is 3. The smallest absolute Gasteiger partial charge is 0.336 e. The van der Waals surface area contributed by atoms with Crippen LogP contribution in [-0.2, 0) is 20.8 Å². The summed E-state index contributed by atoms with van der Waals surface area (Å²) in [6.07, 6.45) is 0.195. The van der Waals surface area contributed by atoms with Crippen LogP contribution in [0.1, 0.15) is 24.1 Å². The van der Waals surface area contributed by atoms with Crippen molar-refractivity contribution in [3.8, 4) is 23.0 Å². The summed E-state index contributed by atoms with van der Waals surface area (Å²) in [7, 11) is 6.53. The van der Waals surface area contributed by atoms with E-state index in [9.17, 15) is 14.4 Å². The van der Waals surface area contributed by atoms with Gasteiger partial charge in [-0.25, -0.2) is 4.79 Å². The monoisotopic (exact) mass is 531 g/mol. The normalized spacial score (nSPS) is 10.7. The second kappa shape index (κ2) is 13.1. The number of methoxy groups -OCH3 is 4. The van der Waals surface area contributed by atoms with Crippen LogP contribution in [0.25, 0.3) is 10.8 Å². The van der Waals surface area contributed by atoms with Gasteiger partial charge in [-0.05, 0) is 41.3 Å². The molecule has 2 aromatic carbocycles. The lowest BCUT2D eigenvalue weighted by Gasteiger charge is -2.18. The lowest BCUT2D eigenvalue weighted by molar-refractivity contribution is -0.170. The van der Waals surface area contributed by atoms with Crippen molar-refractivity contribution in [2.75, 3.05) is 28.4 Å². The van der Waals surface area contributed by atoms with Gasteiger partial charge < -0.3 is 39.4 Å². The third-order valence-electron chi connectivity index (χ3n) is 5.46. The Balaban J connectivity index is 0.000000332. The summed E-state index contributed by atoms with van der Waals surface area (Å²) in [6.45, 7) is 0. The predicted molar refractivity (Wildman–Crippen MR) is 134 cm³/mol. The predicted octanol–water partition coefficient (Wildman–Crippen LogP) is 2.61. The number of aliphatic hydroxyl groups is 1. The van der Waals surface area contributed by atoms with Crippen LogP contribution in [0.2, 0.25) is 0 Å². The molecule has 12 heteroatoms. The van der Waals surface area contributed by atoms with E-state index in [1.54, 1.807) is 28.4 Å². The van der Waals surface area contributed by atoms with Crippen molar-refractivity contribution < 1.29 is 53.8 Å². The molecule has 4 N–H and O–H groups in total. The molecule has 204 valence electrons. The van der Waals surface area contributed by atoms with Gasteiger partial charge in [-0.1, -0.05) is 6.07 Å². The number of carboxylic acids is 3. The standard InChI is InChI=1S/C20H21NO4.C6H8O7/c1-22-17-6-5-13(10-18(17)23-2)9-16-15-12-20(25-4)19(24-3)11-14(15)7-8-21-16;7-3(8)1-6(13,5(11)12)2-4(9)10/h5-8,10-12H,9H2,1-4H3;13H,1-2H2,(H,7,8)(H,9,10)(H,11,12). The molecule has 1 aromatic heterocycles. The Hall–Kier alpha value is -4.58. The molecule has 0 atom stereocenters. The highest BCUT2D eigenvalue weighted by Gasteiger charge is 2.40. The van der Waals surface area contributed by atoms with Gasteiger partial charge in [-0.2, -0.15) is 0 Å². The molecule has 0 bridgehead atoms. The minimum atomic E-state index is -2.74. The topological polar surface area (TPSA) is 182 Å². The van der Waals surface area contributed by atoms with Crippen molar-refractivity contribution in [2.45, 2.75) is 24.9 Å². The number of pyridine rings is 1. The van der Waals surface area contributed by atoms with Gasteiger partial charge in [0.1, 0.15) is 0 Å². The number of fused-ring (bicyclic) bond motifs is 1. The minimum Gasteiger partial charge on any atom is -0.493 e. The van der Waals surface area contributed by atoms with Crippen LogP contribution in [0, 0.1) is 0 Å². The van der Waals surface area contributed by atoms with Crippen molar-refractivity contribution in [2.24, 2.45) is 0 Å². The van der Waals surface area contributed by atoms with Crippen molar-refractivity contribution in [1.82, 2.24) is 4.98 Å². The second-order valence-electron chi connectivity index (χ2n) is 8.03. The van der Waals surface area contributed by atoms with Crippen LogP contribution >= 0.6 is 0 Å². The maximum atomic E-state index is 10.3. The molecule has 0 amide bonds. The number of benzene rings is 2. The van der Waals surface area contributed by atoms with Gasteiger partial charge in [-0.15, -0.1) is 0 Å². The number of carboxylic acid groups (broad SMARTS) is 3. The Labute approximate surface area is 218 Å². The molecule has 0 radical (unpaired) electrons. The lowest BCUT2D eigenvalue weighted by atomic mass is 9.96. The van der Waals surface area contributed by atoms with E-state index in [0.29, 0.717) is 29.4 Å². The molecule has 0 aliphatic rings. The molecule has 0 unspecified atom stereocenters. The van der Waals surface area contributed by atoms with E-state index in [1.807, 2.05) is 42.6 Å². The zero-order chi connectivity index (χ0) is 28.5. The van der Waals surface area contributed by atoms with Crippen molar-refractivity contribution in [3.63, 3.8) is 0 Å². The van der Waals surface area contributed by atoms with Gasteiger partial charge >= 0.3 is 17.9 Å². The Morgan fingerprint density at radius 3 is 1.79 bits per heavy atom. The van der Waals surface area contributed by atoms with Gasteiger partial charge in [0.25, 0.3) is 0 Å². The second-order valence-corrected chi connectivity index (χ2v) is 8.03. The molecule has 0 aliphatic carbocycles. The van der Waals surface area contributed by atoms with Crippen molar-refractivity contribution in [1.29, 1.82) is 0 Å². The number of nitrogens with zero attached hydrogens (tertiary/aromatic N) is 1. The zero-order valence-corrected chi connectivity index (χ0v) is 21.3. The number of hydrogen-bond acceptors (Lipinski definition) is 9. The average Bonchev–Trinajstić information content (AvgIpc) is 2.87. The summed E-state index contributed by atoms with van der Waals surface area (Å²) in [4.78, 5) is 35.0. The number of hydrogen-bond donors (Lipinski definition) is 4. The Morgan fingerprint density at radius 1 is 0.763 bits per heavy atom. The van der Waals surface area contributed by atoms with Gasteiger partial charge in [0.2, 0.25) is 0 Å². The Morgan fingerprint density at radius 2 is 1.29 bits per heavy atom. The molecule has 0 spiro atoms. The number of aliphatic carboxylic acids is 3. The van der Waals surface area contributed by atoms with E-state index in [-0.39, 0.29) is 0 Å². The zero-order valence-electron chi connectivity index (χ0n) is 21.3. The summed E-state index contributed by atoms with van der Waals surface area (Å²) in [5.74, 6) is -2.20. The van der Waals surface area contributed by atoms with E-state index in [0.717, 1.165) is 22.0 Å². The molecule has 0 fully saturated rings. The van der Waals surface area contributed by atoms with E-state index >= 15 is 0 Å². The molecule has 0 saturated heterocycles. The summed E-state index contributed by atoms with van der Waals surface area (Å²) in [5.41, 5.74) is -0.685. The molecule has 38 heavy (non-hydrogen) atoms.